The molecule has 0 fully saturated rings. The highest BCUT2D eigenvalue weighted by Crippen LogP contribution is 2.22. The molecule has 0 saturated heterocycles. The van der Waals surface area contributed by atoms with Gasteiger partial charge >= 0.3 is 0 Å². The van der Waals surface area contributed by atoms with Gasteiger partial charge in [-0.2, -0.15) is 0 Å². The average molecular weight is 327 g/mol. The number of hydrogen-bond acceptors (Lipinski definition) is 4. The van der Waals surface area contributed by atoms with E-state index in [1.54, 1.807) is 24.3 Å². The molecule has 0 amide bonds. The molecule has 1 atom stereocenters. The lowest BCUT2D eigenvalue weighted by molar-refractivity contribution is 0.201. The molecule has 112 valence electrons. The van der Waals surface area contributed by atoms with E-state index in [-0.39, 0.29) is 10.6 Å². The lowest BCUT2D eigenvalue weighted by atomic mass is 10.1. The van der Waals surface area contributed by atoms with Crippen molar-refractivity contribution in [3.8, 4) is 5.75 Å². The maximum atomic E-state index is 12.2. The van der Waals surface area contributed by atoms with Gasteiger partial charge in [-0.15, -0.1) is 0 Å². The lowest BCUT2D eigenvalue weighted by Crippen LogP contribution is -2.14. The summed E-state index contributed by atoms with van der Waals surface area (Å²) in [5, 5.41) is 10.6. The fraction of sp³-hybridized carbons (Fsp3) is 0.200. The first-order valence-electron chi connectivity index (χ1n) is 6.23. The summed E-state index contributed by atoms with van der Waals surface area (Å²) in [7, 11) is -2.04. The van der Waals surface area contributed by atoms with Crippen molar-refractivity contribution in [1.29, 1.82) is 0 Å². The van der Waals surface area contributed by atoms with Gasteiger partial charge in [-0.1, -0.05) is 23.7 Å². The largest absolute Gasteiger partial charge is 0.497 e. The van der Waals surface area contributed by atoms with Crippen LogP contribution in [0.25, 0.3) is 0 Å². The zero-order chi connectivity index (χ0) is 15.5. The van der Waals surface area contributed by atoms with Gasteiger partial charge < -0.3 is 9.84 Å². The van der Waals surface area contributed by atoms with Gasteiger partial charge in [0.1, 0.15) is 5.75 Å². The molecule has 0 aliphatic heterocycles. The molecule has 0 aliphatic carbocycles. The standard InChI is InChI=1S/C15H15ClO4S/c1-20-13-6-2-11(3-7-13)15(17)10-21(18,19)14-8-4-12(16)5-9-14/h2-9,15,17H,10H2,1H3. The molecule has 1 N–H and O–H groups in total. The molecule has 0 spiro atoms. The number of hydrogen-bond donors (Lipinski definition) is 1. The topological polar surface area (TPSA) is 63.6 Å². The van der Waals surface area contributed by atoms with Gasteiger partial charge in [0.05, 0.1) is 23.9 Å². The molecule has 2 aromatic rings. The number of aliphatic hydroxyl groups excluding tert-OH is 1. The zero-order valence-corrected chi connectivity index (χ0v) is 12.9. The van der Waals surface area contributed by atoms with Crippen LogP contribution in [-0.4, -0.2) is 26.4 Å². The molecule has 1 unspecified atom stereocenters. The van der Waals surface area contributed by atoms with Crippen LogP contribution in [0.4, 0.5) is 0 Å². The molecule has 2 aromatic carbocycles. The fourth-order valence-corrected chi connectivity index (χ4v) is 3.35. The molecule has 2 rings (SSSR count). The van der Waals surface area contributed by atoms with Gasteiger partial charge in [-0.25, -0.2) is 8.42 Å². The predicted molar refractivity (Wildman–Crippen MR) is 81.5 cm³/mol. The first-order chi connectivity index (χ1) is 9.92. The quantitative estimate of drug-likeness (QED) is 0.917. The Kier molecular flexibility index (Phi) is 4.88. The maximum Gasteiger partial charge on any atom is 0.181 e. The first kappa shape index (κ1) is 15.8. The SMILES string of the molecule is COc1ccc(C(O)CS(=O)(=O)c2ccc(Cl)cc2)cc1. The highest BCUT2D eigenvalue weighted by atomic mass is 35.5. The van der Waals surface area contributed by atoms with Crippen LogP contribution in [0.2, 0.25) is 5.02 Å². The summed E-state index contributed by atoms with van der Waals surface area (Å²) < 4.78 is 29.5. The van der Waals surface area contributed by atoms with Crippen molar-refractivity contribution in [2.24, 2.45) is 0 Å². The Morgan fingerprint density at radius 2 is 1.67 bits per heavy atom. The van der Waals surface area contributed by atoms with Crippen LogP contribution in [0.15, 0.2) is 53.4 Å². The van der Waals surface area contributed by atoms with Crippen molar-refractivity contribution in [2.45, 2.75) is 11.0 Å². The summed E-state index contributed by atoms with van der Waals surface area (Å²) in [6, 6.07) is 12.5. The van der Waals surface area contributed by atoms with Gasteiger partial charge in [0.2, 0.25) is 0 Å². The molecule has 6 heteroatoms. The molecular weight excluding hydrogens is 312 g/mol. The van der Waals surface area contributed by atoms with E-state index in [9.17, 15) is 13.5 Å². The molecule has 0 saturated carbocycles. The van der Waals surface area contributed by atoms with Crippen molar-refractivity contribution >= 4 is 21.4 Å². The number of benzene rings is 2. The van der Waals surface area contributed by atoms with Crippen LogP contribution >= 0.6 is 11.6 Å². The summed E-state index contributed by atoms with van der Waals surface area (Å²) in [4.78, 5) is 0.138. The number of methoxy groups -OCH3 is 1. The van der Waals surface area contributed by atoms with Crippen molar-refractivity contribution in [1.82, 2.24) is 0 Å². The van der Waals surface area contributed by atoms with Gasteiger partial charge in [-0.3, -0.25) is 0 Å². The van der Waals surface area contributed by atoms with Crippen molar-refractivity contribution in [3.05, 3.63) is 59.1 Å². The van der Waals surface area contributed by atoms with Crippen LogP contribution in [0.5, 0.6) is 5.75 Å². The monoisotopic (exact) mass is 326 g/mol. The minimum atomic E-state index is -3.58. The predicted octanol–water partition coefficient (Wildman–Crippen LogP) is 2.86. The summed E-state index contributed by atoms with van der Waals surface area (Å²) in [6.07, 6.45) is -1.10. The average Bonchev–Trinajstić information content (AvgIpc) is 2.47. The van der Waals surface area contributed by atoms with Gasteiger partial charge in [0.15, 0.2) is 9.84 Å². The smallest absolute Gasteiger partial charge is 0.181 e. The Morgan fingerprint density at radius 1 is 1.10 bits per heavy atom. The summed E-state index contributed by atoms with van der Waals surface area (Å²) in [6.45, 7) is 0. The second-order valence-corrected chi connectivity index (χ2v) is 6.99. The third-order valence-corrected chi connectivity index (χ3v) is 5.05. The van der Waals surface area contributed by atoms with E-state index in [0.717, 1.165) is 0 Å². The number of aliphatic hydroxyl groups is 1. The summed E-state index contributed by atoms with van der Waals surface area (Å²) in [5.41, 5.74) is 0.522. The molecule has 0 aromatic heterocycles. The van der Waals surface area contributed by atoms with E-state index in [1.807, 2.05) is 0 Å². The highest BCUT2D eigenvalue weighted by Gasteiger charge is 2.21. The maximum absolute atomic E-state index is 12.2. The number of rotatable bonds is 5. The van der Waals surface area contributed by atoms with Crippen LogP contribution in [0, 0.1) is 0 Å². The van der Waals surface area contributed by atoms with E-state index < -0.39 is 15.9 Å². The van der Waals surface area contributed by atoms with Crippen molar-refractivity contribution in [3.63, 3.8) is 0 Å². The molecule has 0 radical (unpaired) electrons. The molecule has 0 bridgehead atoms. The number of sulfone groups is 1. The second kappa shape index (κ2) is 6.47. The molecule has 4 nitrogen and oxygen atoms in total. The van der Waals surface area contributed by atoms with Gasteiger partial charge in [0.25, 0.3) is 0 Å². The Hall–Kier alpha value is -1.56. The Labute approximate surface area is 128 Å². The number of halogens is 1. The van der Waals surface area contributed by atoms with Crippen LogP contribution in [0.3, 0.4) is 0 Å². The molecule has 0 aliphatic rings. The minimum Gasteiger partial charge on any atom is -0.497 e. The summed E-state index contributed by atoms with van der Waals surface area (Å²) >= 11 is 5.74. The van der Waals surface area contributed by atoms with Gasteiger partial charge in [0, 0.05) is 5.02 Å². The lowest BCUT2D eigenvalue weighted by Gasteiger charge is -2.12. The normalized spacial score (nSPS) is 12.9. The van der Waals surface area contributed by atoms with Crippen molar-refractivity contribution < 1.29 is 18.3 Å². The second-order valence-electron chi connectivity index (χ2n) is 4.52. The Balaban J connectivity index is 2.17. The van der Waals surface area contributed by atoms with E-state index in [4.69, 9.17) is 16.3 Å². The molecule has 21 heavy (non-hydrogen) atoms. The van der Waals surface area contributed by atoms with Crippen LogP contribution in [-0.2, 0) is 9.84 Å². The first-order valence-corrected chi connectivity index (χ1v) is 8.26. The number of ether oxygens (including phenoxy) is 1. The van der Waals surface area contributed by atoms with Crippen molar-refractivity contribution in [2.75, 3.05) is 12.9 Å². The highest BCUT2D eigenvalue weighted by molar-refractivity contribution is 7.91. The molecular formula is C15H15ClO4S. The summed E-state index contributed by atoms with van der Waals surface area (Å²) in [5.74, 6) is 0.257. The fourth-order valence-electron chi connectivity index (χ4n) is 1.87. The molecule has 0 heterocycles. The third-order valence-electron chi connectivity index (χ3n) is 3.05. The van der Waals surface area contributed by atoms with E-state index in [2.05, 4.69) is 0 Å². The Morgan fingerprint density at radius 3 is 2.19 bits per heavy atom. The Bertz CT molecular complexity index is 693. The van der Waals surface area contributed by atoms with E-state index >= 15 is 0 Å². The van der Waals surface area contributed by atoms with Gasteiger partial charge in [-0.05, 0) is 42.0 Å². The van der Waals surface area contributed by atoms with Crippen LogP contribution in [0.1, 0.15) is 11.7 Å². The third kappa shape index (κ3) is 3.97. The zero-order valence-electron chi connectivity index (χ0n) is 11.4. The van der Waals surface area contributed by atoms with E-state index in [1.165, 1.54) is 31.4 Å². The minimum absolute atomic E-state index is 0.138. The van der Waals surface area contributed by atoms with Crippen LogP contribution < -0.4 is 4.74 Å². The van der Waals surface area contributed by atoms with E-state index in [0.29, 0.717) is 16.3 Å².